The molecule has 3 rings (SSSR count). The molecule has 1 atom stereocenters. The van der Waals surface area contributed by atoms with E-state index in [0.717, 1.165) is 28.9 Å². The third-order valence-corrected chi connectivity index (χ3v) is 5.87. The van der Waals surface area contributed by atoms with E-state index in [-0.39, 0.29) is 17.9 Å². The second kappa shape index (κ2) is 10.9. The van der Waals surface area contributed by atoms with Gasteiger partial charge in [0.05, 0.1) is 34.5 Å². The number of nitrogens with zero attached hydrogens (tertiary/aromatic N) is 1. The van der Waals surface area contributed by atoms with Crippen LogP contribution in [0.1, 0.15) is 48.4 Å². The molecule has 7 nitrogen and oxygen atoms in total. The molecule has 1 aliphatic rings. The van der Waals surface area contributed by atoms with Crippen molar-refractivity contribution in [3.63, 3.8) is 0 Å². The average molecular weight is 442 g/mol. The Morgan fingerprint density at radius 3 is 2.19 bits per heavy atom. The molecule has 1 amide bonds. The highest BCUT2D eigenvalue weighted by Crippen LogP contribution is 2.41. The summed E-state index contributed by atoms with van der Waals surface area (Å²) < 4.78 is 21.0. The van der Waals surface area contributed by atoms with Gasteiger partial charge in [-0.1, -0.05) is 12.1 Å². The van der Waals surface area contributed by atoms with Gasteiger partial charge < -0.3 is 23.8 Å². The Bertz CT molecular complexity index is 940. The fourth-order valence-electron chi connectivity index (χ4n) is 4.15. The van der Waals surface area contributed by atoms with Crippen LogP contribution in [-0.4, -0.2) is 51.8 Å². The van der Waals surface area contributed by atoms with Crippen LogP contribution >= 0.6 is 0 Å². The van der Waals surface area contributed by atoms with Crippen LogP contribution in [0, 0.1) is 0 Å². The maximum atomic E-state index is 13.2. The van der Waals surface area contributed by atoms with Gasteiger partial charge in [-0.25, -0.2) is 0 Å². The SMILES string of the molecule is COC(=O)CCCCC(=O)N1CCc2cc(OC)c(OC)cc2C1c1ccc(OC)cc1. The number of unbranched alkanes of at least 4 members (excludes halogenated alkanes) is 1. The van der Waals surface area contributed by atoms with E-state index in [2.05, 4.69) is 4.74 Å². The summed E-state index contributed by atoms with van der Waals surface area (Å²) in [6.45, 7) is 0.606. The van der Waals surface area contributed by atoms with E-state index in [1.165, 1.54) is 7.11 Å². The first kappa shape index (κ1) is 23.4. The van der Waals surface area contributed by atoms with Crippen molar-refractivity contribution in [2.45, 2.75) is 38.1 Å². The number of carbonyl (C=O) groups excluding carboxylic acids is 2. The molecule has 0 aliphatic carbocycles. The zero-order valence-corrected chi connectivity index (χ0v) is 19.2. The summed E-state index contributed by atoms with van der Waals surface area (Å²) in [6, 6.07) is 11.5. The molecule has 0 radical (unpaired) electrons. The minimum Gasteiger partial charge on any atom is -0.497 e. The number of esters is 1. The first-order valence-electron chi connectivity index (χ1n) is 10.8. The maximum absolute atomic E-state index is 13.2. The highest BCUT2D eigenvalue weighted by atomic mass is 16.5. The number of carbonyl (C=O) groups is 2. The fourth-order valence-corrected chi connectivity index (χ4v) is 4.15. The summed E-state index contributed by atoms with van der Waals surface area (Å²) >= 11 is 0. The van der Waals surface area contributed by atoms with Crippen molar-refractivity contribution in [2.75, 3.05) is 35.0 Å². The van der Waals surface area contributed by atoms with Crippen molar-refractivity contribution in [1.82, 2.24) is 4.90 Å². The van der Waals surface area contributed by atoms with Gasteiger partial charge in [-0.05, 0) is 60.2 Å². The Balaban J connectivity index is 1.91. The molecular formula is C25H31NO6. The lowest BCUT2D eigenvalue weighted by atomic mass is 9.87. The minimum absolute atomic E-state index is 0.0659. The molecule has 0 N–H and O–H groups in total. The second-order valence-electron chi connectivity index (χ2n) is 7.70. The number of ether oxygens (including phenoxy) is 4. The van der Waals surface area contributed by atoms with Gasteiger partial charge in [0.2, 0.25) is 5.91 Å². The molecule has 172 valence electrons. The molecule has 1 heterocycles. The summed E-state index contributed by atoms with van der Waals surface area (Å²) in [5.74, 6) is 1.90. The van der Waals surface area contributed by atoms with Crippen molar-refractivity contribution in [1.29, 1.82) is 0 Å². The van der Waals surface area contributed by atoms with Gasteiger partial charge in [0, 0.05) is 19.4 Å². The van der Waals surface area contributed by atoms with Crippen molar-refractivity contribution < 1.29 is 28.5 Å². The van der Waals surface area contributed by atoms with Crippen LogP contribution < -0.4 is 14.2 Å². The van der Waals surface area contributed by atoms with E-state index in [1.54, 1.807) is 21.3 Å². The normalized spacial score (nSPS) is 15.0. The highest BCUT2D eigenvalue weighted by Gasteiger charge is 2.33. The first-order valence-corrected chi connectivity index (χ1v) is 10.8. The standard InChI is InChI=1S/C25H31NO6/c1-29-19-11-9-17(10-12-19)25-20-16-22(31-3)21(30-2)15-18(20)13-14-26(25)23(27)7-5-6-8-24(28)32-4/h9-12,15-16,25H,5-8,13-14H2,1-4H3. The minimum atomic E-state index is -0.249. The molecule has 0 bridgehead atoms. The molecule has 2 aromatic carbocycles. The van der Waals surface area contributed by atoms with Gasteiger partial charge in [-0.3, -0.25) is 9.59 Å². The van der Waals surface area contributed by atoms with Crippen LogP contribution in [0.3, 0.4) is 0 Å². The Hall–Kier alpha value is -3.22. The molecule has 7 heteroatoms. The molecule has 0 saturated carbocycles. The van der Waals surface area contributed by atoms with E-state index in [9.17, 15) is 9.59 Å². The molecule has 32 heavy (non-hydrogen) atoms. The highest BCUT2D eigenvalue weighted by molar-refractivity contribution is 5.78. The van der Waals surface area contributed by atoms with Crippen LogP contribution in [0.5, 0.6) is 17.2 Å². The van der Waals surface area contributed by atoms with Gasteiger partial charge in [0.25, 0.3) is 0 Å². The van der Waals surface area contributed by atoms with E-state index >= 15 is 0 Å². The summed E-state index contributed by atoms with van der Waals surface area (Å²) in [6.07, 6.45) is 2.70. The summed E-state index contributed by atoms with van der Waals surface area (Å²) in [4.78, 5) is 26.5. The van der Waals surface area contributed by atoms with Crippen molar-refractivity contribution in [3.8, 4) is 17.2 Å². The monoisotopic (exact) mass is 441 g/mol. The number of methoxy groups -OCH3 is 4. The molecular weight excluding hydrogens is 410 g/mol. The van der Waals surface area contributed by atoms with E-state index in [1.807, 2.05) is 41.3 Å². The van der Waals surface area contributed by atoms with Gasteiger partial charge in [-0.15, -0.1) is 0 Å². The predicted molar refractivity (Wildman–Crippen MR) is 120 cm³/mol. The van der Waals surface area contributed by atoms with E-state index in [0.29, 0.717) is 43.7 Å². The Morgan fingerprint density at radius 1 is 0.906 bits per heavy atom. The fraction of sp³-hybridized carbons (Fsp3) is 0.440. The van der Waals surface area contributed by atoms with Gasteiger partial charge in [0.1, 0.15) is 5.75 Å². The Kier molecular flexibility index (Phi) is 7.98. The first-order chi connectivity index (χ1) is 15.5. The molecule has 1 unspecified atom stereocenters. The summed E-state index contributed by atoms with van der Waals surface area (Å²) in [5, 5.41) is 0. The Labute approximate surface area is 189 Å². The van der Waals surface area contributed by atoms with E-state index in [4.69, 9.17) is 14.2 Å². The van der Waals surface area contributed by atoms with E-state index < -0.39 is 0 Å². The third-order valence-electron chi connectivity index (χ3n) is 5.87. The lowest BCUT2D eigenvalue weighted by Crippen LogP contribution is -2.40. The number of fused-ring (bicyclic) bond motifs is 1. The van der Waals surface area contributed by atoms with Gasteiger partial charge in [-0.2, -0.15) is 0 Å². The zero-order valence-electron chi connectivity index (χ0n) is 19.2. The number of amides is 1. The number of hydrogen-bond acceptors (Lipinski definition) is 6. The lowest BCUT2D eigenvalue weighted by Gasteiger charge is -2.38. The molecule has 0 saturated heterocycles. The van der Waals surface area contributed by atoms with Gasteiger partial charge >= 0.3 is 5.97 Å². The lowest BCUT2D eigenvalue weighted by molar-refractivity contribution is -0.141. The quantitative estimate of drug-likeness (QED) is 0.434. The van der Waals surface area contributed by atoms with Crippen LogP contribution in [0.25, 0.3) is 0 Å². The maximum Gasteiger partial charge on any atom is 0.305 e. The van der Waals surface area contributed by atoms with Crippen LogP contribution in [0.4, 0.5) is 0 Å². The third kappa shape index (κ3) is 5.15. The van der Waals surface area contributed by atoms with Crippen LogP contribution in [0.2, 0.25) is 0 Å². The topological polar surface area (TPSA) is 74.3 Å². The molecule has 2 aromatic rings. The number of hydrogen-bond donors (Lipinski definition) is 0. The van der Waals surface area contributed by atoms with Crippen LogP contribution in [0.15, 0.2) is 36.4 Å². The molecule has 0 fully saturated rings. The largest absolute Gasteiger partial charge is 0.497 e. The summed E-state index contributed by atoms with van der Waals surface area (Å²) in [7, 11) is 6.24. The van der Waals surface area contributed by atoms with Crippen molar-refractivity contribution in [2.24, 2.45) is 0 Å². The molecule has 0 spiro atoms. The zero-order chi connectivity index (χ0) is 23.1. The van der Waals surface area contributed by atoms with Crippen molar-refractivity contribution in [3.05, 3.63) is 53.1 Å². The number of benzene rings is 2. The van der Waals surface area contributed by atoms with Crippen molar-refractivity contribution >= 4 is 11.9 Å². The van der Waals surface area contributed by atoms with Crippen LogP contribution in [-0.2, 0) is 20.7 Å². The summed E-state index contributed by atoms with van der Waals surface area (Å²) in [5.41, 5.74) is 3.17. The van der Waals surface area contributed by atoms with Gasteiger partial charge in [0.15, 0.2) is 11.5 Å². The number of rotatable bonds is 9. The molecule has 1 aliphatic heterocycles. The second-order valence-corrected chi connectivity index (χ2v) is 7.70. The predicted octanol–water partition coefficient (Wildman–Crippen LogP) is 3.92. The average Bonchev–Trinajstić information content (AvgIpc) is 2.84. The molecule has 0 aromatic heterocycles. The smallest absolute Gasteiger partial charge is 0.305 e. The Morgan fingerprint density at radius 2 is 1.56 bits per heavy atom.